The molecular weight excluding hydrogens is 314 g/mol. The van der Waals surface area contributed by atoms with Crippen LogP contribution in [0, 0.1) is 45.6 Å². The second-order valence-corrected chi connectivity index (χ2v) is 6.82. The Hall–Kier alpha value is -2.77. The molecule has 5 aliphatic rings. The predicted molar refractivity (Wildman–Crippen MR) is 79.5 cm³/mol. The molecule has 1 aromatic rings. The van der Waals surface area contributed by atoms with E-state index in [1.807, 2.05) is 0 Å². The average Bonchev–Trinajstić information content (AvgIpc) is 3.20. The fourth-order valence-corrected chi connectivity index (χ4v) is 4.68. The van der Waals surface area contributed by atoms with Gasteiger partial charge in [0.1, 0.15) is 4.92 Å². The molecule has 0 spiro atoms. The molecule has 1 saturated heterocycles. The summed E-state index contributed by atoms with van der Waals surface area (Å²) in [6.07, 6.45) is 6.47. The molecule has 0 unspecified atom stereocenters. The summed E-state index contributed by atoms with van der Waals surface area (Å²) in [5.74, 6) is -0.0765. The normalized spacial score (nSPS) is 38.8. The van der Waals surface area contributed by atoms with Gasteiger partial charge in [0.15, 0.2) is 5.76 Å². The minimum absolute atomic E-state index is 0.126. The molecule has 3 fully saturated rings. The number of carbonyl (C=O) groups is 2. The maximum atomic E-state index is 12.7. The number of amides is 2. The highest BCUT2D eigenvalue weighted by molar-refractivity contribution is 6.06. The first-order chi connectivity index (χ1) is 11.6. The SMILES string of the molecule is O=C1[C@H]2[C@@H]3C=C[C@H]([C@@H]4C[C@H]34)[C@@H]2C(=O)N1/N=C\c1ccc([N+](=O)[O-])o1. The molecule has 0 aromatic carbocycles. The van der Waals surface area contributed by atoms with Crippen LogP contribution in [0.5, 0.6) is 0 Å². The summed E-state index contributed by atoms with van der Waals surface area (Å²) in [4.78, 5) is 35.3. The fraction of sp³-hybridized carbons (Fsp3) is 0.438. The van der Waals surface area contributed by atoms with Gasteiger partial charge in [0, 0.05) is 0 Å². The van der Waals surface area contributed by atoms with Crippen LogP contribution in [0.1, 0.15) is 12.2 Å². The van der Waals surface area contributed by atoms with Gasteiger partial charge in [0.05, 0.1) is 24.1 Å². The molecule has 0 N–H and O–H groups in total. The van der Waals surface area contributed by atoms with Crippen LogP contribution in [0.3, 0.4) is 0 Å². The minimum Gasteiger partial charge on any atom is -0.400 e. The molecule has 1 aliphatic heterocycles. The van der Waals surface area contributed by atoms with E-state index in [9.17, 15) is 19.7 Å². The molecule has 8 nitrogen and oxygen atoms in total. The minimum atomic E-state index is -0.659. The summed E-state index contributed by atoms with van der Waals surface area (Å²) in [7, 11) is 0. The third-order valence-corrected chi connectivity index (χ3v) is 5.73. The van der Waals surface area contributed by atoms with Crippen molar-refractivity contribution in [1.82, 2.24) is 5.01 Å². The lowest BCUT2D eigenvalue weighted by Crippen LogP contribution is -2.40. The zero-order valence-electron chi connectivity index (χ0n) is 12.4. The molecule has 24 heavy (non-hydrogen) atoms. The number of imide groups is 1. The number of hydrogen-bond donors (Lipinski definition) is 0. The second kappa shape index (κ2) is 4.40. The van der Waals surface area contributed by atoms with Crippen LogP contribution >= 0.6 is 0 Å². The Balaban J connectivity index is 1.42. The second-order valence-electron chi connectivity index (χ2n) is 6.82. The highest BCUT2D eigenvalue weighted by atomic mass is 16.6. The topological polar surface area (TPSA) is 106 Å². The Morgan fingerprint density at radius 3 is 2.33 bits per heavy atom. The standard InChI is InChI=1S/C16H13N3O5/c20-15-13-8-2-3-9(11-5-10(8)11)14(13)16(21)18(15)17-6-7-1-4-12(24-7)19(22)23/h1-4,6,8-11,13-14H,5H2/b17-6-/t8-,9-,10-,11+,13+,14+/m1/s1. The van der Waals surface area contributed by atoms with E-state index in [0.717, 1.165) is 11.4 Å². The van der Waals surface area contributed by atoms with Crippen LogP contribution in [0.25, 0.3) is 0 Å². The maximum Gasteiger partial charge on any atom is 0.433 e. The molecule has 2 bridgehead atoms. The molecule has 8 heteroatoms. The van der Waals surface area contributed by atoms with Gasteiger partial charge in [-0.2, -0.15) is 10.1 Å². The Kier molecular flexibility index (Phi) is 2.50. The molecule has 1 aromatic heterocycles. The van der Waals surface area contributed by atoms with Crippen molar-refractivity contribution in [1.29, 1.82) is 0 Å². The Morgan fingerprint density at radius 2 is 1.79 bits per heavy atom. The number of hydrogen-bond acceptors (Lipinski definition) is 6. The molecule has 6 rings (SSSR count). The van der Waals surface area contributed by atoms with Gasteiger partial charge >= 0.3 is 5.88 Å². The van der Waals surface area contributed by atoms with E-state index >= 15 is 0 Å². The van der Waals surface area contributed by atoms with Crippen molar-refractivity contribution in [2.75, 3.05) is 0 Å². The van der Waals surface area contributed by atoms with Gasteiger partial charge in [-0.25, -0.2) is 0 Å². The van der Waals surface area contributed by atoms with Crippen molar-refractivity contribution in [2.45, 2.75) is 6.42 Å². The van der Waals surface area contributed by atoms with Crippen LogP contribution in [0.15, 0.2) is 33.8 Å². The maximum absolute atomic E-state index is 12.7. The summed E-state index contributed by atoms with van der Waals surface area (Å²) in [5.41, 5.74) is 0. The van der Waals surface area contributed by atoms with E-state index < -0.39 is 10.8 Å². The monoisotopic (exact) mass is 327 g/mol. The van der Waals surface area contributed by atoms with E-state index in [1.165, 1.54) is 18.3 Å². The molecule has 4 aliphatic carbocycles. The highest BCUT2D eigenvalue weighted by Crippen LogP contribution is 2.65. The molecule has 2 amide bonds. The zero-order valence-corrected chi connectivity index (χ0v) is 12.4. The van der Waals surface area contributed by atoms with Gasteiger partial charge in [-0.15, -0.1) is 0 Å². The Bertz CT molecular complexity index is 805. The molecule has 122 valence electrons. The third kappa shape index (κ3) is 1.65. The third-order valence-electron chi connectivity index (χ3n) is 5.73. The van der Waals surface area contributed by atoms with Crippen molar-refractivity contribution < 1.29 is 18.9 Å². The van der Waals surface area contributed by atoms with E-state index in [4.69, 9.17) is 4.42 Å². The van der Waals surface area contributed by atoms with Crippen molar-refractivity contribution >= 4 is 23.9 Å². The number of hydrazone groups is 1. The highest BCUT2D eigenvalue weighted by Gasteiger charge is 2.67. The summed E-state index contributed by atoms with van der Waals surface area (Å²) in [6, 6.07) is 2.58. The molecular formula is C16H13N3O5. The number of rotatable bonds is 3. The van der Waals surface area contributed by atoms with Crippen LogP contribution in [0.2, 0.25) is 0 Å². The van der Waals surface area contributed by atoms with Crippen LogP contribution < -0.4 is 0 Å². The fourth-order valence-electron chi connectivity index (χ4n) is 4.68. The van der Waals surface area contributed by atoms with Crippen LogP contribution in [-0.4, -0.2) is 28.0 Å². The molecule has 0 radical (unpaired) electrons. The molecule has 2 saturated carbocycles. The summed E-state index contributed by atoms with van der Waals surface area (Å²) in [6.45, 7) is 0. The van der Waals surface area contributed by atoms with Crippen molar-refractivity contribution in [3.63, 3.8) is 0 Å². The quantitative estimate of drug-likeness (QED) is 0.275. The Morgan fingerprint density at radius 1 is 1.17 bits per heavy atom. The number of allylic oxidation sites excluding steroid dienone is 2. The lowest BCUT2D eigenvalue weighted by Gasteiger charge is -2.37. The van der Waals surface area contributed by atoms with Gasteiger partial charge in [-0.1, -0.05) is 12.2 Å². The number of nitro groups is 1. The summed E-state index contributed by atoms with van der Waals surface area (Å²) >= 11 is 0. The first kappa shape index (κ1) is 13.6. The smallest absolute Gasteiger partial charge is 0.400 e. The van der Waals surface area contributed by atoms with Crippen molar-refractivity contribution in [3.05, 3.63) is 40.2 Å². The number of nitrogens with zero attached hydrogens (tertiary/aromatic N) is 3. The first-order valence-electron chi connectivity index (χ1n) is 7.90. The van der Waals surface area contributed by atoms with Crippen molar-refractivity contribution in [2.24, 2.45) is 40.6 Å². The van der Waals surface area contributed by atoms with Gasteiger partial charge in [0.2, 0.25) is 0 Å². The predicted octanol–water partition coefficient (Wildman–Crippen LogP) is 1.57. The van der Waals surface area contributed by atoms with Crippen LogP contribution in [0.4, 0.5) is 5.88 Å². The number of furan rings is 1. The largest absolute Gasteiger partial charge is 0.433 e. The lowest BCUT2D eigenvalue weighted by atomic mass is 9.63. The van der Waals surface area contributed by atoms with E-state index in [2.05, 4.69) is 17.3 Å². The number of carbonyl (C=O) groups excluding carboxylic acids is 2. The van der Waals surface area contributed by atoms with E-state index in [0.29, 0.717) is 11.8 Å². The zero-order chi connectivity index (χ0) is 16.6. The van der Waals surface area contributed by atoms with Gasteiger partial charge < -0.3 is 4.42 Å². The first-order valence-corrected chi connectivity index (χ1v) is 7.90. The van der Waals surface area contributed by atoms with Gasteiger partial charge in [0.25, 0.3) is 11.8 Å². The van der Waals surface area contributed by atoms with Crippen LogP contribution in [-0.2, 0) is 9.59 Å². The summed E-state index contributed by atoms with van der Waals surface area (Å²) in [5, 5.41) is 15.5. The Labute approximate surface area is 135 Å². The van der Waals surface area contributed by atoms with Gasteiger partial charge in [-0.3, -0.25) is 19.7 Å². The van der Waals surface area contributed by atoms with Crippen molar-refractivity contribution in [3.8, 4) is 0 Å². The lowest BCUT2D eigenvalue weighted by molar-refractivity contribution is -0.402. The molecule has 2 heterocycles. The average molecular weight is 327 g/mol. The molecule has 6 atom stereocenters. The summed E-state index contributed by atoms with van der Waals surface area (Å²) < 4.78 is 4.96. The van der Waals surface area contributed by atoms with E-state index in [-0.39, 0.29) is 41.2 Å². The van der Waals surface area contributed by atoms with E-state index in [1.54, 1.807) is 0 Å². The van der Waals surface area contributed by atoms with Gasteiger partial charge in [-0.05, 0) is 36.2 Å².